The van der Waals surface area contributed by atoms with Crippen molar-refractivity contribution >= 4 is 17.8 Å². The molecule has 4 amide bonds. The van der Waals surface area contributed by atoms with Gasteiger partial charge in [0, 0.05) is 20.1 Å². The summed E-state index contributed by atoms with van der Waals surface area (Å²) in [4.78, 5) is 38.6. The van der Waals surface area contributed by atoms with Crippen LogP contribution in [0.15, 0.2) is 0 Å². The molecule has 7 heteroatoms. The predicted octanol–water partition coefficient (Wildman–Crippen LogP) is -0.861. The number of hydrogen-bond donors (Lipinski definition) is 2. The third-order valence-corrected chi connectivity index (χ3v) is 3.82. The van der Waals surface area contributed by atoms with E-state index >= 15 is 0 Å². The smallest absolute Gasteiger partial charge is 0.325 e. The van der Waals surface area contributed by atoms with Gasteiger partial charge >= 0.3 is 6.03 Å². The minimum atomic E-state index is -0.847. The Labute approximate surface area is 112 Å². The zero-order chi connectivity index (χ0) is 14.0. The van der Waals surface area contributed by atoms with Crippen LogP contribution in [0.25, 0.3) is 0 Å². The van der Waals surface area contributed by atoms with Gasteiger partial charge in [-0.25, -0.2) is 4.79 Å². The molecule has 106 valence electrons. The van der Waals surface area contributed by atoms with Crippen LogP contribution in [-0.2, 0) is 9.59 Å². The van der Waals surface area contributed by atoms with Crippen LogP contribution in [0.4, 0.5) is 4.79 Å². The molecule has 0 aromatic heterocycles. The van der Waals surface area contributed by atoms with Crippen LogP contribution < -0.4 is 10.6 Å². The van der Waals surface area contributed by atoms with E-state index in [2.05, 4.69) is 10.6 Å². The minimum absolute atomic E-state index is 0.184. The van der Waals surface area contributed by atoms with E-state index in [9.17, 15) is 14.4 Å². The highest BCUT2D eigenvalue weighted by molar-refractivity contribution is 6.09. The fourth-order valence-corrected chi connectivity index (χ4v) is 2.45. The summed E-state index contributed by atoms with van der Waals surface area (Å²) in [6, 6.07) is -0.466. The quantitative estimate of drug-likeness (QED) is 0.653. The predicted molar refractivity (Wildman–Crippen MR) is 68.4 cm³/mol. The highest BCUT2D eigenvalue weighted by atomic mass is 16.2. The van der Waals surface area contributed by atoms with Crippen molar-refractivity contribution in [2.24, 2.45) is 0 Å². The fourth-order valence-electron chi connectivity index (χ4n) is 2.45. The van der Waals surface area contributed by atoms with Gasteiger partial charge in [0.25, 0.3) is 5.91 Å². The number of carbonyl (C=O) groups excluding carboxylic acids is 3. The molecule has 1 atom stereocenters. The van der Waals surface area contributed by atoms with E-state index in [0.717, 1.165) is 17.9 Å². The normalized spacial score (nSPS) is 26.7. The van der Waals surface area contributed by atoms with Crippen molar-refractivity contribution in [3.8, 4) is 0 Å². The maximum Gasteiger partial charge on any atom is 0.325 e. The number of piperidine rings is 1. The molecule has 19 heavy (non-hydrogen) atoms. The average molecular weight is 268 g/mol. The minimum Gasteiger partial charge on any atom is -0.344 e. The first-order valence-electron chi connectivity index (χ1n) is 6.59. The molecule has 2 aliphatic rings. The maximum atomic E-state index is 12.4. The van der Waals surface area contributed by atoms with Crippen LogP contribution in [0.5, 0.6) is 0 Å². The van der Waals surface area contributed by atoms with E-state index in [-0.39, 0.29) is 18.4 Å². The molecule has 7 nitrogen and oxygen atoms in total. The lowest BCUT2D eigenvalue weighted by molar-refractivity contribution is -0.138. The molecule has 0 aromatic carbocycles. The summed E-state index contributed by atoms with van der Waals surface area (Å²) in [5, 5.41) is 5.85. The van der Waals surface area contributed by atoms with Crippen LogP contribution in [0.1, 0.15) is 19.8 Å². The highest BCUT2D eigenvalue weighted by Gasteiger charge is 2.51. The lowest BCUT2D eigenvalue weighted by atomic mass is 9.90. The van der Waals surface area contributed by atoms with Gasteiger partial charge in [-0.05, 0) is 26.3 Å². The van der Waals surface area contributed by atoms with E-state index in [1.165, 1.54) is 4.90 Å². The van der Waals surface area contributed by atoms with Crippen molar-refractivity contribution in [1.82, 2.24) is 20.4 Å². The Morgan fingerprint density at radius 1 is 1.47 bits per heavy atom. The van der Waals surface area contributed by atoms with Crippen molar-refractivity contribution in [3.05, 3.63) is 0 Å². The third-order valence-electron chi connectivity index (χ3n) is 3.82. The Morgan fingerprint density at radius 2 is 2.21 bits per heavy atom. The van der Waals surface area contributed by atoms with Crippen LogP contribution in [0.3, 0.4) is 0 Å². The number of imide groups is 1. The van der Waals surface area contributed by atoms with Gasteiger partial charge in [0.2, 0.25) is 5.91 Å². The van der Waals surface area contributed by atoms with Gasteiger partial charge in [0.1, 0.15) is 12.1 Å². The van der Waals surface area contributed by atoms with Gasteiger partial charge in [0.15, 0.2) is 0 Å². The van der Waals surface area contributed by atoms with Crippen molar-refractivity contribution in [2.75, 3.05) is 33.2 Å². The Hall–Kier alpha value is -1.63. The zero-order valence-corrected chi connectivity index (χ0v) is 11.4. The molecule has 2 saturated heterocycles. The first kappa shape index (κ1) is 13.8. The third kappa shape index (κ3) is 2.42. The number of nitrogens with zero attached hydrogens (tertiary/aromatic N) is 2. The molecule has 2 fully saturated rings. The van der Waals surface area contributed by atoms with Gasteiger partial charge in [-0.15, -0.1) is 0 Å². The molecule has 2 N–H and O–H groups in total. The topological polar surface area (TPSA) is 81.8 Å². The molecule has 2 aliphatic heterocycles. The molecule has 0 radical (unpaired) electrons. The van der Waals surface area contributed by atoms with Crippen LogP contribution in [0, 0.1) is 0 Å². The van der Waals surface area contributed by atoms with Crippen LogP contribution >= 0.6 is 0 Å². The van der Waals surface area contributed by atoms with E-state index in [1.807, 2.05) is 6.92 Å². The summed E-state index contributed by atoms with van der Waals surface area (Å²) in [6.07, 6.45) is 1.46. The van der Waals surface area contributed by atoms with Crippen LogP contribution in [-0.4, -0.2) is 66.4 Å². The van der Waals surface area contributed by atoms with Crippen molar-refractivity contribution < 1.29 is 14.4 Å². The van der Waals surface area contributed by atoms with Gasteiger partial charge in [-0.2, -0.15) is 0 Å². The number of hydrogen-bond acceptors (Lipinski definition) is 4. The van der Waals surface area contributed by atoms with Gasteiger partial charge < -0.3 is 15.5 Å². The monoisotopic (exact) mass is 268 g/mol. The first-order valence-corrected chi connectivity index (χ1v) is 6.59. The Balaban J connectivity index is 2.08. The van der Waals surface area contributed by atoms with E-state index < -0.39 is 11.6 Å². The van der Waals surface area contributed by atoms with E-state index in [0.29, 0.717) is 19.5 Å². The standard InChI is InChI=1S/C12H20N4O3/c1-3-15(2)9(17)7-16-10(18)12(14-11(16)19)5-4-6-13-8-12/h13H,3-8H2,1-2H3,(H,14,19). The molecular weight excluding hydrogens is 248 g/mol. The molecule has 0 aliphatic carbocycles. The second-order valence-corrected chi connectivity index (χ2v) is 5.09. The summed E-state index contributed by atoms with van der Waals surface area (Å²) >= 11 is 0. The van der Waals surface area contributed by atoms with Gasteiger partial charge in [-0.1, -0.05) is 0 Å². The Morgan fingerprint density at radius 3 is 2.79 bits per heavy atom. The Kier molecular flexibility index (Phi) is 3.75. The summed E-state index contributed by atoms with van der Waals surface area (Å²) in [7, 11) is 1.65. The van der Waals surface area contributed by atoms with E-state index in [4.69, 9.17) is 0 Å². The number of likely N-dealkylation sites (N-methyl/N-ethyl adjacent to an activating group) is 1. The molecule has 0 bridgehead atoms. The summed E-state index contributed by atoms with van der Waals surface area (Å²) in [5.41, 5.74) is -0.847. The molecule has 0 saturated carbocycles. The van der Waals surface area contributed by atoms with Crippen molar-refractivity contribution in [3.63, 3.8) is 0 Å². The van der Waals surface area contributed by atoms with E-state index in [1.54, 1.807) is 7.05 Å². The molecule has 2 heterocycles. The van der Waals surface area contributed by atoms with Gasteiger partial charge in [0.05, 0.1) is 0 Å². The highest BCUT2D eigenvalue weighted by Crippen LogP contribution is 2.24. The number of amides is 4. The Bertz CT molecular complexity index is 404. The number of nitrogens with one attached hydrogen (secondary N) is 2. The van der Waals surface area contributed by atoms with Crippen molar-refractivity contribution in [2.45, 2.75) is 25.3 Å². The zero-order valence-electron chi connectivity index (χ0n) is 11.4. The molecule has 1 unspecified atom stereocenters. The fraction of sp³-hybridized carbons (Fsp3) is 0.750. The summed E-state index contributed by atoms with van der Waals surface area (Å²) < 4.78 is 0. The maximum absolute atomic E-state index is 12.4. The molecule has 1 spiro atoms. The molecule has 2 rings (SSSR count). The second-order valence-electron chi connectivity index (χ2n) is 5.09. The van der Waals surface area contributed by atoms with Crippen molar-refractivity contribution in [1.29, 1.82) is 0 Å². The number of urea groups is 1. The largest absolute Gasteiger partial charge is 0.344 e. The molecular formula is C12H20N4O3. The summed E-state index contributed by atoms with van der Waals surface area (Å²) in [5.74, 6) is -0.519. The lowest BCUT2D eigenvalue weighted by Crippen LogP contribution is -2.57. The summed E-state index contributed by atoms with van der Waals surface area (Å²) in [6.45, 7) is 3.50. The van der Waals surface area contributed by atoms with Crippen LogP contribution in [0.2, 0.25) is 0 Å². The van der Waals surface area contributed by atoms with Gasteiger partial charge in [-0.3, -0.25) is 14.5 Å². The number of carbonyl (C=O) groups is 3. The number of rotatable bonds is 3. The first-order chi connectivity index (χ1) is 9.00. The molecule has 0 aromatic rings. The lowest BCUT2D eigenvalue weighted by Gasteiger charge is -2.31. The SMILES string of the molecule is CCN(C)C(=O)CN1C(=O)NC2(CCCNC2)C1=O. The second kappa shape index (κ2) is 5.16. The average Bonchev–Trinajstić information content (AvgIpc) is 2.63.